The van der Waals surface area contributed by atoms with Crippen LogP contribution >= 0.6 is 0 Å². The minimum atomic E-state index is -0.273. The maximum atomic E-state index is 12.4. The fraction of sp³-hybridized carbons (Fsp3) is 0.182. The summed E-state index contributed by atoms with van der Waals surface area (Å²) in [5.74, 6) is 1.25. The first-order valence-corrected chi connectivity index (χ1v) is 8.98. The van der Waals surface area contributed by atoms with E-state index in [1.165, 1.54) is 0 Å². The molecule has 0 aliphatic carbocycles. The molecule has 1 amide bonds. The van der Waals surface area contributed by atoms with Crippen LogP contribution in [0, 0.1) is 0 Å². The highest BCUT2D eigenvalue weighted by molar-refractivity contribution is 6.03. The molecule has 2 aromatic carbocycles. The number of nitrogens with one attached hydrogen (secondary N) is 2. The van der Waals surface area contributed by atoms with E-state index in [0.29, 0.717) is 11.4 Å². The zero-order valence-electron chi connectivity index (χ0n) is 16.1. The van der Waals surface area contributed by atoms with Crippen LogP contribution in [0.2, 0.25) is 0 Å². The molecular formula is C22H23N3O3. The van der Waals surface area contributed by atoms with Crippen molar-refractivity contribution >= 4 is 23.0 Å². The van der Waals surface area contributed by atoms with Gasteiger partial charge in [-0.3, -0.25) is 4.79 Å². The van der Waals surface area contributed by atoms with E-state index in [4.69, 9.17) is 9.47 Å². The molecule has 0 unspecified atom stereocenters. The van der Waals surface area contributed by atoms with Crippen LogP contribution < -0.4 is 20.1 Å². The molecule has 1 heterocycles. The number of pyridine rings is 1. The Hall–Kier alpha value is -3.54. The van der Waals surface area contributed by atoms with Crippen molar-refractivity contribution in [2.45, 2.75) is 20.0 Å². The SMILES string of the molecule is COc1cccc(Nc2ccc(C(=O)Nc3ccc(OC(C)C)cc3)nc2)c1. The summed E-state index contributed by atoms with van der Waals surface area (Å²) in [5, 5.41) is 6.06. The van der Waals surface area contributed by atoms with E-state index in [1.54, 1.807) is 37.6 Å². The van der Waals surface area contributed by atoms with Crippen LogP contribution in [0.1, 0.15) is 24.3 Å². The molecule has 0 radical (unpaired) electrons. The number of ether oxygens (including phenoxy) is 2. The monoisotopic (exact) mass is 377 g/mol. The topological polar surface area (TPSA) is 72.5 Å². The second-order valence-corrected chi connectivity index (χ2v) is 6.43. The summed E-state index contributed by atoms with van der Waals surface area (Å²) in [6, 6.07) is 18.3. The van der Waals surface area contributed by atoms with E-state index in [9.17, 15) is 4.79 Å². The maximum Gasteiger partial charge on any atom is 0.274 e. The molecule has 3 aromatic rings. The average Bonchev–Trinajstić information content (AvgIpc) is 2.70. The number of methoxy groups -OCH3 is 1. The number of rotatable bonds is 7. The van der Waals surface area contributed by atoms with Crippen molar-refractivity contribution in [2.24, 2.45) is 0 Å². The Kier molecular flexibility index (Phi) is 6.11. The molecule has 0 saturated carbocycles. The molecule has 6 heteroatoms. The molecule has 2 N–H and O–H groups in total. The molecule has 0 spiro atoms. The van der Waals surface area contributed by atoms with Crippen molar-refractivity contribution < 1.29 is 14.3 Å². The zero-order valence-corrected chi connectivity index (χ0v) is 16.1. The van der Waals surface area contributed by atoms with Gasteiger partial charge in [-0.05, 0) is 62.4 Å². The predicted octanol–water partition coefficient (Wildman–Crippen LogP) is 4.87. The van der Waals surface area contributed by atoms with Gasteiger partial charge < -0.3 is 20.1 Å². The Morgan fingerprint density at radius 3 is 2.32 bits per heavy atom. The molecule has 0 atom stereocenters. The highest BCUT2D eigenvalue weighted by atomic mass is 16.5. The van der Waals surface area contributed by atoms with Gasteiger partial charge in [-0.2, -0.15) is 0 Å². The normalized spacial score (nSPS) is 10.4. The van der Waals surface area contributed by atoms with Gasteiger partial charge in [-0.25, -0.2) is 4.98 Å². The second kappa shape index (κ2) is 8.90. The number of benzene rings is 2. The highest BCUT2D eigenvalue weighted by Crippen LogP contribution is 2.21. The summed E-state index contributed by atoms with van der Waals surface area (Å²) < 4.78 is 10.8. The summed E-state index contributed by atoms with van der Waals surface area (Å²) in [4.78, 5) is 16.6. The first kappa shape index (κ1) is 19.2. The largest absolute Gasteiger partial charge is 0.497 e. The fourth-order valence-corrected chi connectivity index (χ4v) is 2.55. The first-order valence-electron chi connectivity index (χ1n) is 8.98. The number of anilines is 3. The molecule has 3 rings (SSSR count). The summed E-state index contributed by atoms with van der Waals surface area (Å²) in [6.45, 7) is 3.93. The summed E-state index contributed by atoms with van der Waals surface area (Å²) in [6.07, 6.45) is 1.72. The summed E-state index contributed by atoms with van der Waals surface area (Å²) in [5.41, 5.74) is 2.67. The predicted molar refractivity (Wildman–Crippen MR) is 111 cm³/mol. The van der Waals surface area contributed by atoms with Crippen LogP contribution in [0.4, 0.5) is 17.1 Å². The van der Waals surface area contributed by atoms with Crippen LogP contribution in [0.5, 0.6) is 11.5 Å². The van der Waals surface area contributed by atoms with Crippen molar-refractivity contribution in [3.63, 3.8) is 0 Å². The van der Waals surface area contributed by atoms with Crippen LogP contribution in [0.15, 0.2) is 66.9 Å². The average molecular weight is 377 g/mol. The van der Waals surface area contributed by atoms with Gasteiger partial charge >= 0.3 is 0 Å². The van der Waals surface area contributed by atoms with E-state index >= 15 is 0 Å². The Morgan fingerprint density at radius 1 is 0.929 bits per heavy atom. The molecule has 6 nitrogen and oxygen atoms in total. The Balaban J connectivity index is 1.61. The molecular weight excluding hydrogens is 354 g/mol. The van der Waals surface area contributed by atoms with Crippen LogP contribution in [-0.4, -0.2) is 24.1 Å². The van der Waals surface area contributed by atoms with Crippen molar-refractivity contribution in [1.29, 1.82) is 0 Å². The zero-order chi connectivity index (χ0) is 19.9. The van der Waals surface area contributed by atoms with Gasteiger partial charge in [-0.1, -0.05) is 6.07 Å². The van der Waals surface area contributed by atoms with Crippen molar-refractivity contribution in [2.75, 3.05) is 17.7 Å². The Bertz CT molecular complexity index is 923. The lowest BCUT2D eigenvalue weighted by Gasteiger charge is -2.11. The molecule has 144 valence electrons. The third kappa shape index (κ3) is 5.23. The van der Waals surface area contributed by atoms with Crippen molar-refractivity contribution in [1.82, 2.24) is 4.98 Å². The third-order valence-corrected chi connectivity index (χ3v) is 3.84. The lowest BCUT2D eigenvalue weighted by Crippen LogP contribution is -2.13. The molecule has 0 saturated heterocycles. The number of carbonyl (C=O) groups is 1. The molecule has 1 aromatic heterocycles. The number of nitrogens with zero attached hydrogens (tertiary/aromatic N) is 1. The van der Waals surface area contributed by atoms with Crippen molar-refractivity contribution in [3.05, 3.63) is 72.6 Å². The second-order valence-electron chi connectivity index (χ2n) is 6.43. The van der Waals surface area contributed by atoms with Gasteiger partial charge in [0, 0.05) is 17.4 Å². The Morgan fingerprint density at radius 2 is 1.68 bits per heavy atom. The number of hydrogen-bond donors (Lipinski definition) is 2. The van der Waals surface area contributed by atoms with Crippen LogP contribution in [0.3, 0.4) is 0 Å². The van der Waals surface area contributed by atoms with Crippen LogP contribution in [-0.2, 0) is 0 Å². The first-order chi connectivity index (χ1) is 13.5. The van der Waals surface area contributed by atoms with Crippen LogP contribution in [0.25, 0.3) is 0 Å². The van der Waals surface area contributed by atoms with Gasteiger partial charge in [0.25, 0.3) is 5.91 Å². The smallest absolute Gasteiger partial charge is 0.274 e. The summed E-state index contributed by atoms with van der Waals surface area (Å²) in [7, 11) is 1.62. The summed E-state index contributed by atoms with van der Waals surface area (Å²) >= 11 is 0. The number of carbonyl (C=O) groups excluding carboxylic acids is 1. The van der Waals surface area contributed by atoms with Gasteiger partial charge in [0.2, 0.25) is 0 Å². The van der Waals surface area contributed by atoms with Gasteiger partial charge in [0.15, 0.2) is 0 Å². The molecule has 0 bridgehead atoms. The molecule has 0 fully saturated rings. The van der Waals surface area contributed by atoms with Gasteiger partial charge in [0.1, 0.15) is 17.2 Å². The minimum absolute atomic E-state index is 0.105. The number of amides is 1. The van der Waals surface area contributed by atoms with E-state index in [0.717, 1.165) is 22.9 Å². The molecule has 28 heavy (non-hydrogen) atoms. The van der Waals surface area contributed by atoms with E-state index < -0.39 is 0 Å². The standard InChI is InChI=1S/C22H23N3O3/c1-15(2)28-19-10-7-16(8-11-19)25-22(26)21-12-9-18(14-23-21)24-17-5-4-6-20(13-17)27-3/h4-15,24H,1-3H3,(H,25,26). The van der Waals surface area contributed by atoms with Gasteiger partial charge in [0.05, 0.1) is 25.1 Å². The number of hydrogen-bond acceptors (Lipinski definition) is 5. The van der Waals surface area contributed by atoms with Crippen molar-refractivity contribution in [3.8, 4) is 11.5 Å². The highest BCUT2D eigenvalue weighted by Gasteiger charge is 2.08. The number of aromatic nitrogens is 1. The fourth-order valence-electron chi connectivity index (χ4n) is 2.55. The molecule has 0 aliphatic rings. The maximum absolute atomic E-state index is 12.4. The Labute approximate surface area is 164 Å². The van der Waals surface area contributed by atoms with E-state index in [2.05, 4.69) is 15.6 Å². The lowest BCUT2D eigenvalue weighted by atomic mass is 10.2. The van der Waals surface area contributed by atoms with E-state index in [1.807, 2.05) is 50.2 Å². The van der Waals surface area contributed by atoms with Gasteiger partial charge in [-0.15, -0.1) is 0 Å². The quantitative estimate of drug-likeness (QED) is 0.614. The minimum Gasteiger partial charge on any atom is -0.497 e. The van der Waals surface area contributed by atoms with E-state index in [-0.39, 0.29) is 12.0 Å². The third-order valence-electron chi connectivity index (χ3n) is 3.84. The molecule has 0 aliphatic heterocycles. The lowest BCUT2D eigenvalue weighted by molar-refractivity contribution is 0.102.